The Morgan fingerprint density at radius 2 is 1.69 bits per heavy atom. The molecule has 0 heterocycles. The SMILES string of the molecule is CCC(NC(=O)Nc1cc(O)c(O)c(O)c1)c1ccc2c(c1)CCCC2. The molecule has 3 rings (SSSR count). The standard InChI is InChI=1S/C20H24N2O4/c1-2-16(14-8-7-12-5-3-4-6-13(12)9-14)22-20(26)21-15-10-17(23)19(25)18(24)11-15/h7-11,16,23-25H,2-6H2,1H3,(H2,21,22,26). The number of benzene rings is 2. The molecule has 0 spiro atoms. The Bertz CT molecular complexity index is 796. The van der Waals surface area contributed by atoms with E-state index in [1.807, 2.05) is 6.92 Å². The molecule has 0 saturated heterocycles. The average molecular weight is 356 g/mol. The highest BCUT2D eigenvalue weighted by Crippen LogP contribution is 2.37. The number of aromatic hydroxyl groups is 3. The Balaban J connectivity index is 1.71. The highest BCUT2D eigenvalue weighted by atomic mass is 16.3. The minimum atomic E-state index is -0.614. The molecule has 0 bridgehead atoms. The first-order chi connectivity index (χ1) is 12.5. The highest BCUT2D eigenvalue weighted by Gasteiger charge is 2.17. The molecule has 1 aliphatic rings. The Labute approximate surface area is 152 Å². The van der Waals surface area contributed by atoms with Crippen LogP contribution in [0.5, 0.6) is 17.2 Å². The van der Waals surface area contributed by atoms with Crippen molar-refractivity contribution in [2.24, 2.45) is 0 Å². The third kappa shape index (κ3) is 3.85. The topological polar surface area (TPSA) is 102 Å². The lowest BCUT2D eigenvalue weighted by molar-refractivity contribution is 0.248. The summed E-state index contributed by atoms with van der Waals surface area (Å²) in [5, 5.41) is 33.9. The Morgan fingerprint density at radius 1 is 1.04 bits per heavy atom. The van der Waals surface area contributed by atoms with E-state index in [4.69, 9.17) is 0 Å². The van der Waals surface area contributed by atoms with Crippen LogP contribution in [-0.4, -0.2) is 21.4 Å². The summed E-state index contributed by atoms with van der Waals surface area (Å²) in [7, 11) is 0. The number of amides is 2. The van der Waals surface area contributed by atoms with Gasteiger partial charge in [0.25, 0.3) is 0 Å². The van der Waals surface area contributed by atoms with Crippen LogP contribution in [-0.2, 0) is 12.8 Å². The maximum atomic E-state index is 12.3. The third-order valence-corrected chi connectivity index (χ3v) is 4.82. The zero-order valence-corrected chi connectivity index (χ0v) is 14.7. The van der Waals surface area contributed by atoms with Crippen LogP contribution in [0.2, 0.25) is 0 Å². The van der Waals surface area contributed by atoms with Crippen molar-refractivity contribution in [1.29, 1.82) is 0 Å². The smallest absolute Gasteiger partial charge is 0.319 e. The molecule has 0 aromatic heterocycles. The predicted octanol–water partition coefficient (Wildman–Crippen LogP) is 3.96. The van der Waals surface area contributed by atoms with Gasteiger partial charge in [-0.3, -0.25) is 0 Å². The molecule has 6 nitrogen and oxygen atoms in total. The zero-order valence-electron chi connectivity index (χ0n) is 14.7. The molecular weight excluding hydrogens is 332 g/mol. The van der Waals surface area contributed by atoms with Gasteiger partial charge in [0, 0.05) is 12.1 Å². The maximum absolute atomic E-state index is 12.3. The molecule has 2 amide bonds. The summed E-state index contributed by atoms with van der Waals surface area (Å²) in [6, 6.07) is 8.17. The number of hydrogen-bond donors (Lipinski definition) is 5. The fourth-order valence-electron chi connectivity index (χ4n) is 3.39. The van der Waals surface area contributed by atoms with Gasteiger partial charge >= 0.3 is 6.03 Å². The van der Waals surface area contributed by atoms with Crippen molar-refractivity contribution in [3.05, 3.63) is 47.0 Å². The van der Waals surface area contributed by atoms with Gasteiger partial charge in [-0.05, 0) is 48.8 Å². The molecule has 5 N–H and O–H groups in total. The Hall–Kier alpha value is -2.89. The number of aryl methyl sites for hydroxylation is 2. The van der Waals surface area contributed by atoms with E-state index in [0.717, 1.165) is 24.8 Å². The molecular formula is C20H24N2O4. The third-order valence-electron chi connectivity index (χ3n) is 4.82. The minimum absolute atomic E-state index is 0.137. The first kappa shape index (κ1) is 17.9. The summed E-state index contributed by atoms with van der Waals surface area (Å²) in [6.45, 7) is 2.00. The van der Waals surface area contributed by atoms with Crippen LogP contribution >= 0.6 is 0 Å². The summed E-state index contributed by atoms with van der Waals surface area (Å²) >= 11 is 0. The van der Waals surface area contributed by atoms with Gasteiger partial charge in [-0.1, -0.05) is 25.1 Å². The molecule has 0 fully saturated rings. The molecule has 2 aromatic rings. The van der Waals surface area contributed by atoms with Crippen molar-refractivity contribution < 1.29 is 20.1 Å². The molecule has 0 aliphatic heterocycles. The molecule has 0 radical (unpaired) electrons. The van der Waals surface area contributed by atoms with Crippen LogP contribution in [0, 0.1) is 0 Å². The van der Waals surface area contributed by atoms with Crippen LogP contribution in [0.1, 0.15) is 48.9 Å². The van der Waals surface area contributed by atoms with E-state index in [0.29, 0.717) is 0 Å². The van der Waals surface area contributed by atoms with E-state index < -0.39 is 23.3 Å². The Morgan fingerprint density at radius 3 is 2.35 bits per heavy atom. The second kappa shape index (κ2) is 7.56. The van der Waals surface area contributed by atoms with Gasteiger partial charge < -0.3 is 26.0 Å². The number of anilines is 1. The average Bonchev–Trinajstić information content (AvgIpc) is 2.63. The number of carbonyl (C=O) groups is 1. The lowest BCUT2D eigenvalue weighted by Gasteiger charge is -2.22. The summed E-state index contributed by atoms with van der Waals surface area (Å²) in [6.07, 6.45) is 5.37. The van der Waals surface area contributed by atoms with Crippen molar-refractivity contribution in [3.63, 3.8) is 0 Å². The number of carbonyl (C=O) groups excluding carboxylic acids is 1. The number of nitrogens with one attached hydrogen (secondary N) is 2. The highest BCUT2D eigenvalue weighted by molar-refractivity contribution is 5.90. The van der Waals surface area contributed by atoms with E-state index in [1.165, 1.54) is 36.1 Å². The maximum Gasteiger partial charge on any atom is 0.319 e. The second-order valence-electron chi connectivity index (χ2n) is 6.66. The summed E-state index contributed by atoms with van der Waals surface area (Å²) in [5.41, 5.74) is 4.02. The van der Waals surface area contributed by atoms with Gasteiger partial charge in [0.15, 0.2) is 17.2 Å². The van der Waals surface area contributed by atoms with Gasteiger partial charge in [-0.2, -0.15) is 0 Å². The van der Waals surface area contributed by atoms with E-state index in [1.54, 1.807) is 0 Å². The first-order valence-electron chi connectivity index (χ1n) is 8.92. The van der Waals surface area contributed by atoms with Gasteiger partial charge in [0.1, 0.15) is 0 Å². The van der Waals surface area contributed by atoms with Crippen molar-refractivity contribution in [2.75, 3.05) is 5.32 Å². The van der Waals surface area contributed by atoms with Crippen molar-refractivity contribution >= 4 is 11.7 Å². The van der Waals surface area contributed by atoms with E-state index in [-0.39, 0.29) is 11.7 Å². The molecule has 1 unspecified atom stereocenters. The number of phenols is 3. The molecule has 6 heteroatoms. The van der Waals surface area contributed by atoms with Crippen LogP contribution in [0.15, 0.2) is 30.3 Å². The summed E-state index contributed by atoms with van der Waals surface area (Å²) in [5.74, 6) is -1.61. The number of phenolic OH excluding ortho intramolecular Hbond substituents is 3. The molecule has 1 atom stereocenters. The lowest BCUT2D eigenvalue weighted by atomic mass is 9.89. The first-order valence-corrected chi connectivity index (χ1v) is 8.92. The van der Waals surface area contributed by atoms with Gasteiger partial charge in [0.2, 0.25) is 0 Å². The Kier molecular flexibility index (Phi) is 5.21. The summed E-state index contributed by atoms with van der Waals surface area (Å²) < 4.78 is 0. The van der Waals surface area contributed by atoms with E-state index >= 15 is 0 Å². The number of urea groups is 1. The van der Waals surface area contributed by atoms with Crippen molar-refractivity contribution in [2.45, 2.75) is 45.1 Å². The number of rotatable bonds is 4. The van der Waals surface area contributed by atoms with Crippen LogP contribution in [0.3, 0.4) is 0 Å². The van der Waals surface area contributed by atoms with Crippen LogP contribution < -0.4 is 10.6 Å². The van der Waals surface area contributed by atoms with Crippen LogP contribution in [0.25, 0.3) is 0 Å². The van der Waals surface area contributed by atoms with E-state index in [9.17, 15) is 20.1 Å². The summed E-state index contributed by atoms with van der Waals surface area (Å²) in [4.78, 5) is 12.3. The number of fused-ring (bicyclic) bond motifs is 1. The van der Waals surface area contributed by atoms with E-state index in [2.05, 4.69) is 28.8 Å². The quantitative estimate of drug-likeness (QED) is 0.423. The van der Waals surface area contributed by atoms with Gasteiger partial charge in [0.05, 0.1) is 11.7 Å². The molecule has 2 aromatic carbocycles. The van der Waals surface area contributed by atoms with Crippen molar-refractivity contribution in [1.82, 2.24) is 5.32 Å². The van der Waals surface area contributed by atoms with Crippen molar-refractivity contribution in [3.8, 4) is 17.2 Å². The predicted molar refractivity (Wildman–Crippen MR) is 99.7 cm³/mol. The second-order valence-corrected chi connectivity index (χ2v) is 6.66. The lowest BCUT2D eigenvalue weighted by Crippen LogP contribution is -2.32. The van der Waals surface area contributed by atoms with Crippen LogP contribution in [0.4, 0.5) is 10.5 Å². The largest absolute Gasteiger partial charge is 0.504 e. The normalized spacial score (nSPS) is 14.3. The van der Waals surface area contributed by atoms with Gasteiger partial charge in [-0.25, -0.2) is 4.79 Å². The fourth-order valence-corrected chi connectivity index (χ4v) is 3.39. The van der Waals surface area contributed by atoms with Gasteiger partial charge in [-0.15, -0.1) is 0 Å². The molecule has 26 heavy (non-hydrogen) atoms. The fraction of sp³-hybridized carbons (Fsp3) is 0.350. The zero-order chi connectivity index (χ0) is 18.7. The molecule has 0 saturated carbocycles. The molecule has 1 aliphatic carbocycles. The molecule has 138 valence electrons. The number of hydrogen-bond acceptors (Lipinski definition) is 4. The minimum Gasteiger partial charge on any atom is -0.504 e. The monoisotopic (exact) mass is 356 g/mol.